The third-order valence-electron chi connectivity index (χ3n) is 4.19. The first kappa shape index (κ1) is 16.4. The molecule has 5 nitrogen and oxygen atoms in total. The Morgan fingerprint density at radius 1 is 1.25 bits per heavy atom. The van der Waals surface area contributed by atoms with Crippen LogP contribution in [0.4, 0.5) is 5.82 Å². The summed E-state index contributed by atoms with van der Waals surface area (Å²) >= 11 is 1.58. The maximum absolute atomic E-state index is 10.8. The van der Waals surface area contributed by atoms with Crippen LogP contribution in [0.5, 0.6) is 0 Å². The minimum atomic E-state index is -0.813. The molecule has 2 aromatic heterocycles. The smallest absolute Gasteiger partial charge is 0.305 e. The molecule has 3 rings (SSSR count). The predicted molar refractivity (Wildman–Crippen MR) is 97.8 cm³/mol. The first-order chi connectivity index (χ1) is 11.5. The quantitative estimate of drug-likeness (QED) is 0.763. The minimum absolute atomic E-state index is 0.0745. The number of aryl methyl sites for hydroxylation is 2. The first-order valence-electron chi connectivity index (χ1n) is 7.70. The Kier molecular flexibility index (Phi) is 4.49. The predicted octanol–water partition coefficient (Wildman–Crippen LogP) is 3.89. The van der Waals surface area contributed by atoms with E-state index in [9.17, 15) is 4.79 Å². The van der Waals surface area contributed by atoms with Crippen LogP contribution in [0.25, 0.3) is 21.3 Å². The van der Waals surface area contributed by atoms with Crippen molar-refractivity contribution in [3.05, 3.63) is 41.0 Å². The molecular formula is C18H19N3O2S. The van der Waals surface area contributed by atoms with Crippen molar-refractivity contribution in [3.8, 4) is 11.1 Å². The summed E-state index contributed by atoms with van der Waals surface area (Å²) in [6.07, 6.45) is 1.61. The Morgan fingerprint density at radius 2 is 2.04 bits per heavy atom. The van der Waals surface area contributed by atoms with E-state index in [1.807, 2.05) is 11.9 Å². The molecule has 0 saturated heterocycles. The molecule has 1 N–H and O–H groups in total. The number of thiophene rings is 1. The Bertz CT molecular complexity index is 904. The molecule has 0 aliphatic carbocycles. The van der Waals surface area contributed by atoms with Crippen LogP contribution < -0.4 is 4.90 Å². The number of carbonyl (C=O) groups is 1. The number of hydrogen-bond acceptors (Lipinski definition) is 5. The number of aromatic nitrogens is 2. The molecule has 124 valence electrons. The number of hydrogen-bond donors (Lipinski definition) is 1. The van der Waals surface area contributed by atoms with Gasteiger partial charge in [0.1, 0.15) is 17.0 Å². The summed E-state index contributed by atoms with van der Waals surface area (Å²) in [5.41, 5.74) is 4.72. The lowest BCUT2D eigenvalue weighted by Crippen LogP contribution is -2.22. The number of carboxylic acid groups (broad SMARTS) is 1. The normalized spacial score (nSPS) is 11.0. The lowest BCUT2D eigenvalue weighted by molar-refractivity contribution is -0.136. The average molecular weight is 341 g/mol. The van der Waals surface area contributed by atoms with E-state index in [1.165, 1.54) is 17.5 Å². The molecule has 1 aromatic carbocycles. The molecule has 0 atom stereocenters. The van der Waals surface area contributed by atoms with Gasteiger partial charge in [0.05, 0.1) is 11.8 Å². The number of anilines is 1. The second-order valence-corrected chi connectivity index (χ2v) is 6.75. The van der Waals surface area contributed by atoms with Crippen molar-refractivity contribution in [2.24, 2.45) is 0 Å². The van der Waals surface area contributed by atoms with Gasteiger partial charge in [-0.3, -0.25) is 4.79 Å². The van der Waals surface area contributed by atoms with Crippen molar-refractivity contribution >= 4 is 33.3 Å². The van der Waals surface area contributed by atoms with E-state index in [-0.39, 0.29) is 6.42 Å². The molecule has 0 bridgehead atoms. The van der Waals surface area contributed by atoms with E-state index in [2.05, 4.69) is 47.4 Å². The standard InChI is InChI=1S/C18H19N3O2S/c1-11-4-5-13(8-12(11)2)14-9-24-18-16(14)17(19-10-20-18)21(3)7-6-15(22)23/h4-5,8-10H,6-7H2,1-3H3,(H,22,23). The molecule has 0 aliphatic heterocycles. The maximum Gasteiger partial charge on any atom is 0.305 e. The average Bonchev–Trinajstić information content (AvgIpc) is 2.99. The Labute approximate surface area is 144 Å². The van der Waals surface area contributed by atoms with Crippen LogP contribution in [0.2, 0.25) is 0 Å². The Balaban J connectivity index is 2.09. The highest BCUT2D eigenvalue weighted by molar-refractivity contribution is 7.17. The Morgan fingerprint density at radius 3 is 2.75 bits per heavy atom. The molecule has 0 fully saturated rings. The van der Waals surface area contributed by atoms with Gasteiger partial charge >= 0.3 is 5.97 Å². The van der Waals surface area contributed by atoms with E-state index in [0.29, 0.717) is 6.54 Å². The van der Waals surface area contributed by atoms with Crippen molar-refractivity contribution in [2.75, 3.05) is 18.5 Å². The van der Waals surface area contributed by atoms with Gasteiger partial charge in [-0.25, -0.2) is 9.97 Å². The first-order valence-corrected chi connectivity index (χ1v) is 8.58. The SMILES string of the molecule is Cc1ccc(-c2csc3ncnc(N(C)CCC(=O)O)c23)cc1C. The fraction of sp³-hybridized carbons (Fsp3) is 0.278. The van der Waals surface area contributed by atoms with Crippen molar-refractivity contribution in [2.45, 2.75) is 20.3 Å². The lowest BCUT2D eigenvalue weighted by Gasteiger charge is -2.18. The second-order valence-electron chi connectivity index (χ2n) is 5.89. The van der Waals surface area contributed by atoms with Gasteiger partial charge in [0.25, 0.3) is 0 Å². The molecule has 0 amide bonds. The molecule has 0 unspecified atom stereocenters. The molecular weight excluding hydrogens is 322 g/mol. The number of fused-ring (bicyclic) bond motifs is 1. The van der Waals surface area contributed by atoms with E-state index in [0.717, 1.165) is 27.2 Å². The van der Waals surface area contributed by atoms with Gasteiger partial charge in [-0.15, -0.1) is 11.3 Å². The van der Waals surface area contributed by atoms with E-state index in [4.69, 9.17) is 5.11 Å². The topological polar surface area (TPSA) is 66.3 Å². The zero-order valence-corrected chi connectivity index (χ0v) is 14.7. The fourth-order valence-corrected chi connectivity index (χ4v) is 3.55. The van der Waals surface area contributed by atoms with Crippen LogP contribution in [0, 0.1) is 13.8 Å². The summed E-state index contributed by atoms with van der Waals surface area (Å²) in [4.78, 5) is 22.4. The van der Waals surface area contributed by atoms with Crippen molar-refractivity contribution in [1.29, 1.82) is 0 Å². The van der Waals surface area contributed by atoms with Crippen molar-refractivity contribution in [1.82, 2.24) is 9.97 Å². The molecule has 0 saturated carbocycles. The fourth-order valence-electron chi connectivity index (χ4n) is 2.64. The third-order valence-corrected chi connectivity index (χ3v) is 5.08. The molecule has 6 heteroatoms. The van der Waals surface area contributed by atoms with Gasteiger partial charge in [-0.1, -0.05) is 18.2 Å². The minimum Gasteiger partial charge on any atom is -0.481 e. The summed E-state index contributed by atoms with van der Waals surface area (Å²) in [5, 5.41) is 12.0. The summed E-state index contributed by atoms with van der Waals surface area (Å²) < 4.78 is 0. The van der Waals surface area contributed by atoms with Gasteiger partial charge in [-0.05, 0) is 30.5 Å². The van der Waals surface area contributed by atoms with Gasteiger partial charge in [0, 0.05) is 24.5 Å². The number of rotatable bonds is 5. The number of benzene rings is 1. The summed E-state index contributed by atoms with van der Waals surface area (Å²) in [5.74, 6) is -0.0393. The third kappa shape index (κ3) is 3.10. The summed E-state index contributed by atoms with van der Waals surface area (Å²) in [7, 11) is 1.87. The largest absolute Gasteiger partial charge is 0.481 e. The van der Waals surface area contributed by atoms with Crippen molar-refractivity contribution < 1.29 is 9.90 Å². The van der Waals surface area contributed by atoms with Crippen molar-refractivity contribution in [3.63, 3.8) is 0 Å². The van der Waals surface area contributed by atoms with Gasteiger partial charge in [0.15, 0.2) is 0 Å². The zero-order chi connectivity index (χ0) is 17.3. The number of aliphatic carboxylic acids is 1. The molecule has 24 heavy (non-hydrogen) atoms. The number of nitrogens with zero attached hydrogens (tertiary/aromatic N) is 3. The van der Waals surface area contributed by atoms with Crippen LogP contribution in [0.1, 0.15) is 17.5 Å². The monoisotopic (exact) mass is 341 g/mol. The van der Waals surface area contributed by atoms with Gasteiger partial charge in [0.2, 0.25) is 0 Å². The number of carboxylic acids is 1. The van der Waals surface area contributed by atoms with E-state index >= 15 is 0 Å². The molecule has 2 heterocycles. The highest BCUT2D eigenvalue weighted by Crippen LogP contribution is 2.38. The van der Waals surface area contributed by atoms with E-state index < -0.39 is 5.97 Å². The van der Waals surface area contributed by atoms with E-state index in [1.54, 1.807) is 11.3 Å². The molecule has 0 spiro atoms. The maximum atomic E-state index is 10.8. The summed E-state index contributed by atoms with van der Waals surface area (Å²) in [6, 6.07) is 6.40. The zero-order valence-electron chi connectivity index (χ0n) is 13.9. The van der Waals surface area contributed by atoms with Crippen LogP contribution in [-0.4, -0.2) is 34.6 Å². The molecule has 0 aliphatic rings. The Hall–Kier alpha value is -2.47. The summed E-state index contributed by atoms with van der Waals surface area (Å²) in [6.45, 7) is 4.60. The van der Waals surface area contributed by atoms with Crippen LogP contribution >= 0.6 is 11.3 Å². The molecule has 0 radical (unpaired) electrons. The lowest BCUT2D eigenvalue weighted by atomic mass is 10.0. The van der Waals surface area contributed by atoms with Gasteiger partial charge in [-0.2, -0.15) is 0 Å². The second kappa shape index (κ2) is 6.57. The van der Waals surface area contributed by atoms with Crippen LogP contribution in [-0.2, 0) is 4.79 Å². The van der Waals surface area contributed by atoms with Gasteiger partial charge < -0.3 is 10.0 Å². The highest BCUT2D eigenvalue weighted by Gasteiger charge is 2.16. The molecule has 3 aromatic rings. The highest BCUT2D eigenvalue weighted by atomic mass is 32.1. The van der Waals surface area contributed by atoms with Crippen LogP contribution in [0.3, 0.4) is 0 Å². The van der Waals surface area contributed by atoms with Crippen LogP contribution in [0.15, 0.2) is 29.9 Å².